The zero-order valence-electron chi connectivity index (χ0n) is 13.3. The van der Waals surface area contributed by atoms with Crippen LogP contribution < -0.4 is 10.1 Å². The van der Waals surface area contributed by atoms with E-state index < -0.39 is 0 Å². The first-order valence-corrected chi connectivity index (χ1v) is 7.68. The second-order valence-electron chi connectivity index (χ2n) is 5.48. The normalized spacial score (nSPS) is 10.6. The van der Waals surface area contributed by atoms with Gasteiger partial charge >= 0.3 is 0 Å². The van der Waals surface area contributed by atoms with Gasteiger partial charge in [0.15, 0.2) is 0 Å². The zero-order valence-corrected chi connectivity index (χ0v) is 13.3. The van der Waals surface area contributed by atoms with Crippen molar-refractivity contribution < 1.29 is 4.74 Å². The van der Waals surface area contributed by atoms with E-state index in [-0.39, 0.29) is 0 Å². The lowest BCUT2D eigenvalue weighted by atomic mass is 10.0. The van der Waals surface area contributed by atoms with Crippen LogP contribution >= 0.6 is 0 Å². The van der Waals surface area contributed by atoms with Crippen LogP contribution in [0, 0.1) is 13.8 Å². The van der Waals surface area contributed by atoms with Crippen molar-refractivity contribution in [3.05, 3.63) is 64.7 Å². The monoisotopic (exact) mass is 283 g/mol. The number of nitrogens with one attached hydrogen (secondary N) is 1. The van der Waals surface area contributed by atoms with E-state index in [1.54, 1.807) is 0 Å². The number of ether oxygens (including phenoxy) is 1. The highest BCUT2D eigenvalue weighted by Crippen LogP contribution is 2.18. The summed E-state index contributed by atoms with van der Waals surface area (Å²) in [7, 11) is 0. The fraction of sp³-hybridized carbons (Fsp3) is 0.368. The van der Waals surface area contributed by atoms with Crippen LogP contribution in [0.1, 0.15) is 35.6 Å². The molecule has 0 aliphatic carbocycles. The van der Waals surface area contributed by atoms with Crippen molar-refractivity contribution >= 4 is 0 Å². The summed E-state index contributed by atoms with van der Waals surface area (Å²) in [5.41, 5.74) is 5.15. The van der Waals surface area contributed by atoms with E-state index in [2.05, 4.69) is 68.6 Å². The number of aryl methyl sites for hydroxylation is 2. The lowest BCUT2D eigenvalue weighted by Gasteiger charge is -2.12. The van der Waals surface area contributed by atoms with E-state index in [0.29, 0.717) is 6.61 Å². The van der Waals surface area contributed by atoms with Crippen LogP contribution in [-0.2, 0) is 13.2 Å². The molecule has 2 heteroatoms. The van der Waals surface area contributed by atoms with E-state index in [1.165, 1.54) is 22.3 Å². The molecule has 112 valence electrons. The first-order chi connectivity index (χ1) is 10.2. The Kier molecular flexibility index (Phi) is 5.82. The summed E-state index contributed by atoms with van der Waals surface area (Å²) in [5.74, 6) is 0.928. The van der Waals surface area contributed by atoms with Gasteiger partial charge in [0, 0.05) is 6.54 Å². The molecule has 0 atom stereocenters. The molecule has 2 aromatic carbocycles. The summed E-state index contributed by atoms with van der Waals surface area (Å²) >= 11 is 0. The van der Waals surface area contributed by atoms with Gasteiger partial charge in [0.05, 0.1) is 0 Å². The minimum atomic E-state index is 0.631. The number of rotatable bonds is 7. The number of hydrogen-bond acceptors (Lipinski definition) is 2. The molecule has 0 heterocycles. The van der Waals surface area contributed by atoms with Gasteiger partial charge in [0.2, 0.25) is 0 Å². The van der Waals surface area contributed by atoms with Gasteiger partial charge in [0.1, 0.15) is 12.4 Å². The van der Waals surface area contributed by atoms with Crippen molar-refractivity contribution in [1.29, 1.82) is 0 Å². The molecule has 0 radical (unpaired) electrons. The average Bonchev–Trinajstić information content (AvgIpc) is 2.48. The zero-order chi connectivity index (χ0) is 15.1. The van der Waals surface area contributed by atoms with Crippen molar-refractivity contribution in [2.75, 3.05) is 6.54 Å². The third-order valence-corrected chi connectivity index (χ3v) is 3.71. The van der Waals surface area contributed by atoms with Gasteiger partial charge in [-0.15, -0.1) is 0 Å². The van der Waals surface area contributed by atoms with Crippen LogP contribution in [0.3, 0.4) is 0 Å². The molecule has 2 nitrogen and oxygen atoms in total. The highest BCUT2D eigenvalue weighted by atomic mass is 16.5. The Hall–Kier alpha value is -1.80. The average molecular weight is 283 g/mol. The Balaban J connectivity index is 1.92. The van der Waals surface area contributed by atoms with Gasteiger partial charge in [-0.1, -0.05) is 37.3 Å². The van der Waals surface area contributed by atoms with Gasteiger partial charge in [-0.05, 0) is 61.2 Å². The lowest BCUT2D eigenvalue weighted by Crippen LogP contribution is -2.13. The third kappa shape index (κ3) is 4.61. The highest BCUT2D eigenvalue weighted by Gasteiger charge is 2.03. The quantitative estimate of drug-likeness (QED) is 0.761. The second-order valence-corrected chi connectivity index (χ2v) is 5.48. The maximum atomic E-state index is 5.91. The molecule has 1 N–H and O–H groups in total. The van der Waals surface area contributed by atoms with Gasteiger partial charge in [-0.3, -0.25) is 0 Å². The van der Waals surface area contributed by atoms with E-state index in [0.717, 1.165) is 25.3 Å². The summed E-state index contributed by atoms with van der Waals surface area (Å²) in [6.07, 6.45) is 1.16. The fourth-order valence-corrected chi connectivity index (χ4v) is 2.35. The molecule has 0 saturated heterocycles. The lowest BCUT2D eigenvalue weighted by molar-refractivity contribution is 0.304. The molecule has 0 aromatic heterocycles. The van der Waals surface area contributed by atoms with Gasteiger partial charge in [-0.2, -0.15) is 0 Å². The van der Waals surface area contributed by atoms with Crippen molar-refractivity contribution in [2.45, 2.75) is 40.3 Å². The maximum Gasteiger partial charge on any atom is 0.119 e. The molecule has 2 aromatic rings. The minimum absolute atomic E-state index is 0.631. The second kappa shape index (κ2) is 7.84. The summed E-state index contributed by atoms with van der Waals surface area (Å²) in [4.78, 5) is 0. The molecular formula is C19H25NO. The predicted molar refractivity (Wildman–Crippen MR) is 88.7 cm³/mol. The Bertz CT molecular complexity index is 540. The Morgan fingerprint density at radius 1 is 0.952 bits per heavy atom. The summed E-state index contributed by atoms with van der Waals surface area (Å²) in [5, 5.41) is 3.40. The molecule has 2 rings (SSSR count). The largest absolute Gasteiger partial charge is 0.489 e. The van der Waals surface area contributed by atoms with E-state index >= 15 is 0 Å². The smallest absolute Gasteiger partial charge is 0.119 e. The van der Waals surface area contributed by atoms with Crippen molar-refractivity contribution in [3.63, 3.8) is 0 Å². The minimum Gasteiger partial charge on any atom is -0.489 e. The van der Waals surface area contributed by atoms with E-state index in [4.69, 9.17) is 4.74 Å². The fourth-order valence-electron chi connectivity index (χ4n) is 2.35. The summed E-state index contributed by atoms with van der Waals surface area (Å²) in [6, 6.07) is 14.7. The molecule has 0 spiro atoms. The van der Waals surface area contributed by atoms with Crippen molar-refractivity contribution in [2.24, 2.45) is 0 Å². The first-order valence-electron chi connectivity index (χ1n) is 7.68. The van der Waals surface area contributed by atoms with Crippen molar-refractivity contribution in [1.82, 2.24) is 5.32 Å². The van der Waals surface area contributed by atoms with Crippen LogP contribution in [0.5, 0.6) is 5.75 Å². The standard InChI is InChI=1S/C19H25NO/c1-4-12-20-13-17-8-10-18(11-9-17)21-14-19-15(2)6-5-7-16(19)3/h5-11,20H,4,12-14H2,1-3H3. The Labute approximate surface area is 128 Å². The van der Waals surface area contributed by atoms with E-state index in [9.17, 15) is 0 Å². The molecule has 0 bridgehead atoms. The molecule has 21 heavy (non-hydrogen) atoms. The van der Waals surface area contributed by atoms with Crippen LogP contribution in [0.4, 0.5) is 0 Å². The van der Waals surface area contributed by atoms with Crippen molar-refractivity contribution in [3.8, 4) is 5.75 Å². The van der Waals surface area contributed by atoms with Crippen LogP contribution in [0.2, 0.25) is 0 Å². The van der Waals surface area contributed by atoms with Crippen LogP contribution in [0.15, 0.2) is 42.5 Å². The highest BCUT2D eigenvalue weighted by molar-refractivity contribution is 5.34. The molecule has 0 aliphatic heterocycles. The molecular weight excluding hydrogens is 258 g/mol. The first kappa shape index (κ1) is 15.6. The van der Waals surface area contributed by atoms with E-state index in [1.807, 2.05) is 0 Å². The number of hydrogen-bond donors (Lipinski definition) is 1. The SMILES string of the molecule is CCCNCc1ccc(OCc2c(C)cccc2C)cc1. The molecule has 0 amide bonds. The number of benzene rings is 2. The molecule has 0 aliphatic rings. The Morgan fingerprint density at radius 3 is 2.24 bits per heavy atom. The van der Waals surface area contributed by atoms with Gasteiger partial charge < -0.3 is 10.1 Å². The topological polar surface area (TPSA) is 21.3 Å². The van der Waals surface area contributed by atoms with Gasteiger partial charge in [0.25, 0.3) is 0 Å². The predicted octanol–water partition coefficient (Wildman–Crippen LogP) is 4.38. The molecule has 0 fully saturated rings. The van der Waals surface area contributed by atoms with Gasteiger partial charge in [-0.25, -0.2) is 0 Å². The molecule has 0 unspecified atom stereocenters. The Morgan fingerprint density at radius 2 is 1.62 bits per heavy atom. The van der Waals surface area contributed by atoms with Crippen LogP contribution in [0.25, 0.3) is 0 Å². The molecule has 0 saturated carbocycles. The summed E-state index contributed by atoms with van der Waals surface area (Å²) in [6.45, 7) is 9.06. The third-order valence-electron chi connectivity index (χ3n) is 3.71. The summed E-state index contributed by atoms with van der Waals surface area (Å²) < 4.78 is 5.91. The van der Waals surface area contributed by atoms with Crippen LogP contribution in [-0.4, -0.2) is 6.54 Å². The maximum absolute atomic E-state index is 5.91.